The Morgan fingerprint density at radius 3 is 2.81 bits per heavy atom. The molecule has 0 saturated heterocycles. The summed E-state index contributed by atoms with van der Waals surface area (Å²) in [5.41, 5.74) is 1.02. The molecular formula is C20H32IN5O. The maximum Gasteiger partial charge on any atom is 0.191 e. The van der Waals surface area contributed by atoms with Crippen molar-refractivity contribution in [3.8, 4) is 0 Å². The number of hydrogen-bond acceptors (Lipinski definition) is 3. The van der Waals surface area contributed by atoms with Crippen molar-refractivity contribution >= 4 is 29.9 Å². The first-order valence-corrected chi connectivity index (χ1v) is 9.79. The van der Waals surface area contributed by atoms with Crippen molar-refractivity contribution in [3.05, 3.63) is 42.1 Å². The predicted molar refractivity (Wildman–Crippen MR) is 120 cm³/mol. The van der Waals surface area contributed by atoms with Crippen molar-refractivity contribution in [1.29, 1.82) is 0 Å². The van der Waals surface area contributed by atoms with Crippen molar-refractivity contribution in [3.63, 3.8) is 0 Å². The summed E-state index contributed by atoms with van der Waals surface area (Å²) in [6.07, 6.45) is 9.79. The lowest BCUT2D eigenvalue weighted by atomic mass is 10.2. The average Bonchev–Trinajstić information content (AvgIpc) is 3.38. The quantitative estimate of drug-likeness (QED) is 0.335. The molecule has 0 bridgehead atoms. The number of rotatable bonds is 8. The molecule has 2 aromatic rings. The van der Waals surface area contributed by atoms with Crippen LogP contribution in [0.4, 0.5) is 0 Å². The standard InChI is InChI=1S/C20H31N5O.HI/c1-16(2)14-22-20(21-11-9-19-8-5-13-26-19)23-15-17-10-12-25(24-17)18-6-3-4-7-18;/h5,8,10,12-13,16,18H,3-4,6-7,9,11,14-15H2,1-2H3,(H2,21,22,23);1H. The van der Waals surface area contributed by atoms with Crippen molar-refractivity contribution in [1.82, 2.24) is 20.4 Å². The fraction of sp³-hybridized carbons (Fsp3) is 0.600. The van der Waals surface area contributed by atoms with Gasteiger partial charge in [-0.25, -0.2) is 4.99 Å². The highest BCUT2D eigenvalue weighted by atomic mass is 127. The summed E-state index contributed by atoms with van der Waals surface area (Å²) >= 11 is 0. The van der Waals surface area contributed by atoms with Crippen LogP contribution < -0.4 is 10.6 Å². The normalized spacial score (nSPS) is 15.1. The van der Waals surface area contributed by atoms with E-state index in [1.807, 2.05) is 12.1 Å². The smallest absolute Gasteiger partial charge is 0.191 e. The van der Waals surface area contributed by atoms with Gasteiger partial charge in [-0.3, -0.25) is 4.68 Å². The van der Waals surface area contributed by atoms with E-state index in [-0.39, 0.29) is 24.0 Å². The van der Waals surface area contributed by atoms with Crippen LogP contribution in [0.3, 0.4) is 0 Å². The minimum absolute atomic E-state index is 0. The second-order valence-electron chi connectivity index (χ2n) is 7.42. The van der Waals surface area contributed by atoms with Gasteiger partial charge in [0.25, 0.3) is 0 Å². The Morgan fingerprint density at radius 2 is 2.11 bits per heavy atom. The van der Waals surface area contributed by atoms with Gasteiger partial charge in [0.2, 0.25) is 0 Å². The third kappa shape index (κ3) is 7.20. The Hall–Kier alpha value is -1.51. The minimum Gasteiger partial charge on any atom is -0.469 e. The highest BCUT2D eigenvalue weighted by molar-refractivity contribution is 14.0. The largest absolute Gasteiger partial charge is 0.469 e. The molecule has 0 aromatic carbocycles. The Morgan fingerprint density at radius 1 is 1.30 bits per heavy atom. The van der Waals surface area contributed by atoms with Crippen LogP contribution in [0.1, 0.15) is 57.0 Å². The maximum absolute atomic E-state index is 5.38. The number of hydrogen-bond donors (Lipinski definition) is 2. The fourth-order valence-corrected chi connectivity index (χ4v) is 3.23. The molecule has 150 valence electrons. The first-order valence-electron chi connectivity index (χ1n) is 9.79. The first kappa shape index (κ1) is 21.8. The van der Waals surface area contributed by atoms with Crippen LogP contribution >= 0.6 is 24.0 Å². The third-order valence-corrected chi connectivity index (χ3v) is 4.68. The van der Waals surface area contributed by atoms with E-state index in [1.54, 1.807) is 6.26 Å². The second kappa shape index (κ2) is 11.4. The number of furan rings is 1. The second-order valence-corrected chi connectivity index (χ2v) is 7.42. The van der Waals surface area contributed by atoms with Crippen LogP contribution in [-0.2, 0) is 13.0 Å². The number of aromatic nitrogens is 2. The van der Waals surface area contributed by atoms with Gasteiger partial charge in [-0.15, -0.1) is 24.0 Å². The minimum atomic E-state index is 0. The Balaban J connectivity index is 0.00000261. The molecule has 0 aliphatic heterocycles. The van der Waals surface area contributed by atoms with E-state index >= 15 is 0 Å². The lowest BCUT2D eigenvalue weighted by molar-refractivity contribution is 0.463. The van der Waals surface area contributed by atoms with Crippen LogP contribution in [0, 0.1) is 5.92 Å². The van der Waals surface area contributed by atoms with E-state index in [0.717, 1.165) is 36.9 Å². The van der Waals surface area contributed by atoms with Gasteiger partial charge in [0, 0.05) is 25.7 Å². The molecule has 0 spiro atoms. The molecule has 1 aliphatic carbocycles. The molecule has 1 aliphatic rings. The molecule has 2 aromatic heterocycles. The number of nitrogens with zero attached hydrogens (tertiary/aromatic N) is 3. The predicted octanol–water partition coefficient (Wildman–Crippen LogP) is 4.14. The summed E-state index contributed by atoms with van der Waals surface area (Å²) in [7, 11) is 0. The van der Waals surface area contributed by atoms with Crippen LogP contribution in [0.2, 0.25) is 0 Å². The molecule has 0 unspecified atom stereocenters. The van der Waals surface area contributed by atoms with Crippen molar-refractivity contribution in [2.75, 3.05) is 13.1 Å². The lowest BCUT2D eigenvalue weighted by Crippen LogP contribution is -2.40. The zero-order valence-corrected chi connectivity index (χ0v) is 18.7. The molecule has 1 fully saturated rings. The Bertz CT molecular complexity index is 674. The fourth-order valence-electron chi connectivity index (χ4n) is 3.23. The Labute approximate surface area is 179 Å². The third-order valence-electron chi connectivity index (χ3n) is 4.68. The molecule has 0 radical (unpaired) electrons. The van der Waals surface area contributed by atoms with Crippen molar-refractivity contribution < 1.29 is 4.42 Å². The molecule has 0 atom stereocenters. The molecule has 3 rings (SSSR count). The molecule has 2 heterocycles. The van der Waals surface area contributed by atoms with E-state index in [4.69, 9.17) is 14.5 Å². The Kier molecular flexibility index (Phi) is 9.17. The van der Waals surface area contributed by atoms with Crippen LogP contribution in [0.25, 0.3) is 0 Å². The molecule has 2 N–H and O–H groups in total. The zero-order chi connectivity index (χ0) is 18.2. The summed E-state index contributed by atoms with van der Waals surface area (Å²) < 4.78 is 7.51. The molecule has 7 heteroatoms. The number of nitrogens with one attached hydrogen (secondary N) is 2. The van der Waals surface area contributed by atoms with E-state index in [2.05, 4.69) is 41.4 Å². The van der Waals surface area contributed by atoms with Gasteiger partial charge in [0.1, 0.15) is 5.76 Å². The van der Waals surface area contributed by atoms with Crippen molar-refractivity contribution in [2.24, 2.45) is 10.9 Å². The topological polar surface area (TPSA) is 67.4 Å². The van der Waals surface area contributed by atoms with E-state index in [9.17, 15) is 0 Å². The highest BCUT2D eigenvalue weighted by Crippen LogP contribution is 2.28. The van der Waals surface area contributed by atoms with Gasteiger partial charge < -0.3 is 15.1 Å². The van der Waals surface area contributed by atoms with Gasteiger partial charge in [0.15, 0.2) is 5.96 Å². The van der Waals surface area contributed by atoms with Crippen molar-refractivity contribution in [2.45, 2.75) is 58.5 Å². The summed E-state index contributed by atoms with van der Waals surface area (Å²) in [5.74, 6) is 2.38. The zero-order valence-electron chi connectivity index (χ0n) is 16.4. The van der Waals surface area contributed by atoms with E-state index in [1.165, 1.54) is 25.7 Å². The van der Waals surface area contributed by atoms with Gasteiger partial charge in [-0.2, -0.15) is 5.10 Å². The van der Waals surface area contributed by atoms with Crippen LogP contribution in [-0.4, -0.2) is 28.8 Å². The average molecular weight is 485 g/mol. The van der Waals surface area contributed by atoms with Gasteiger partial charge in [-0.1, -0.05) is 26.7 Å². The molecule has 6 nitrogen and oxygen atoms in total. The molecule has 1 saturated carbocycles. The summed E-state index contributed by atoms with van der Waals surface area (Å²) in [6, 6.07) is 6.58. The van der Waals surface area contributed by atoms with Crippen LogP contribution in [0.5, 0.6) is 0 Å². The maximum atomic E-state index is 5.38. The summed E-state index contributed by atoms with van der Waals surface area (Å²) in [5, 5.41) is 11.5. The number of halogens is 1. The lowest BCUT2D eigenvalue weighted by Gasteiger charge is -2.13. The molecule has 27 heavy (non-hydrogen) atoms. The highest BCUT2D eigenvalue weighted by Gasteiger charge is 2.17. The number of guanidine groups is 1. The van der Waals surface area contributed by atoms with Gasteiger partial charge >= 0.3 is 0 Å². The number of aliphatic imine (C=N–C) groups is 1. The summed E-state index contributed by atoms with van der Waals surface area (Å²) in [6.45, 7) is 6.65. The van der Waals surface area contributed by atoms with E-state index in [0.29, 0.717) is 18.5 Å². The first-order chi connectivity index (χ1) is 12.7. The summed E-state index contributed by atoms with van der Waals surface area (Å²) in [4.78, 5) is 4.71. The van der Waals surface area contributed by atoms with Gasteiger partial charge in [-0.05, 0) is 37.0 Å². The SMILES string of the molecule is CC(C)CNC(=NCc1ccn(C2CCCC2)n1)NCCc1ccco1.I. The van der Waals surface area contributed by atoms with Gasteiger partial charge in [0.05, 0.1) is 24.5 Å². The van der Waals surface area contributed by atoms with E-state index < -0.39 is 0 Å². The van der Waals surface area contributed by atoms with Crippen LogP contribution in [0.15, 0.2) is 40.1 Å². The molecule has 0 amide bonds. The molecular weight excluding hydrogens is 453 g/mol. The monoisotopic (exact) mass is 485 g/mol.